The first kappa shape index (κ1) is 11.8. The van der Waals surface area contributed by atoms with E-state index >= 15 is 0 Å². The summed E-state index contributed by atoms with van der Waals surface area (Å²) in [5.41, 5.74) is 0. The van der Waals surface area contributed by atoms with Crippen LogP contribution in [0.5, 0.6) is 0 Å². The fourth-order valence-corrected chi connectivity index (χ4v) is 1.23. The van der Waals surface area contributed by atoms with E-state index in [1.165, 1.54) is 12.8 Å². The molecule has 0 rings (SSSR count). The minimum Gasteiger partial charge on any atom is -0.295 e. The third-order valence-electron chi connectivity index (χ3n) is 1.58. The van der Waals surface area contributed by atoms with Crippen LogP contribution in [0.2, 0.25) is 0 Å². The Labute approximate surface area is 79.6 Å². The van der Waals surface area contributed by atoms with Crippen LogP contribution in [-0.4, -0.2) is 17.8 Å². The Morgan fingerprint density at radius 1 is 1.50 bits per heavy atom. The lowest BCUT2D eigenvalue weighted by atomic mass is 10.2. The summed E-state index contributed by atoms with van der Waals surface area (Å²) in [5.74, 6) is 1.21. The van der Waals surface area contributed by atoms with E-state index in [1.807, 2.05) is 12.3 Å². The van der Waals surface area contributed by atoms with Crippen molar-refractivity contribution in [3.05, 3.63) is 12.2 Å². The van der Waals surface area contributed by atoms with Gasteiger partial charge in [0.15, 0.2) is 5.78 Å². The molecule has 0 atom stereocenters. The predicted octanol–water partition coefficient (Wildman–Crippen LogP) is 3.06. The number of unbranched alkanes of at least 4 members (excludes halogenated alkanes) is 2. The van der Waals surface area contributed by atoms with Gasteiger partial charge in [0.05, 0.1) is 0 Å². The van der Waals surface area contributed by atoms with Crippen LogP contribution in [0.15, 0.2) is 12.2 Å². The highest BCUT2D eigenvalue weighted by Gasteiger charge is 1.93. The maximum absolute atomic E-state index is 11.1. The number of hydrogen-bond acceptors (Lipinski definition) is 2. The van der Waals surface area contributed by atoms with Gasteiger partial charge in [-0.3, -0.25) is 4.79 Å². The molecule has 0 saturated heterocycles. The molecule has 0 saturated carbocycles. The van der Waals surface area contributed by atoms with Crippen molar-refractivity contribution in [2.24, 2.45) is 0 Å². The highest BCUT2D eigenvalue weighted by atomic mass is 32.2. The summed E-state index contributed by atoms with van der Waals surface area (Å²) >= 11 is 1.72. The molecule has 1 nitrogen and oxygen atoms in total. The van der Waals surface area contributed by atoms with Crippen LogP contribution in [0.4, 0.5) is 0 Å². The molecule has 2 heteroatoms. The molecule has 0 spiro atoms. The lowest BCUT2D eigenvalue weighted by Crippen LogP contribution is -1.93. The monoisotopic (exact) mass is 186 g/mol. The van der Waals surface area contributed by atoms with Crippen molar-refractivity contribution < 1.29 is 4.79 Å². The Hall–Kier alpha value is -0.240. The van der Waals surface area contributed by atoms with E-state index in [1.54, 1.807) is 17.8 Å². The predicted molar refractivity (Wildman–Crippen MR) is 56.7 cm³/mol. The molecule has 0 fully saturated rings. The fourth-order valence-electron chi connectivity index (χ4n) is 0.823. The number of carbonyl (C=O) groups is 1. The van der Waals surface area contributed by atoms with E-state index in [0.717, 1.165) is 12.2 Å². The molecular formula is C10H18OS. The quantitative estimate of drug-likeness (QED) is 0.449. The first-order chi connectivity index (χ1) is 5.81. The summed E-state index contributed by atoms with van der Waals surface area (Å²) < 4.78 is 0. The number of ketones is 1. The van der Waals surface area contributed by atoms with Gasteiger partial charge in [0, 0.05) is 12.2 Å². The first-order valence-electron chi connectivity index (χ1n) is 4.49. The van der Waals surface area contributed by atoms with Crippen molar-refractivity contribution in [2.75, 3.05) is 12.0 Å². The molecule has 0 N–H and O–H groups in total. The Bertz CT molecular complexity index is 141. The topological polar surface area (TPSA) is 17.1 Å². The fraction of sp³-hybridized carbons (Fsp3) is 0.700. The molecule has 0 amide bonds. The number of thioether (sulfide) groups is 1. The number of allylic oxidation sites excluding steroid dienone is 2. The summed E-state index contributed by atoms with van der Waals surface area (Å²) in [6.45, 7) is 2.16. The second-order valence-electron chi connectivity index (χ2n) is 2.75. The molecule has 0 aromatic rings. The highest BCUT2D eigenvalue weighted by molar-refractivity contribution is 7.98. The summed E-state index contributed by atoms with van der Waals surface area (Å²) in [6.07, 6.45) is 9.85. The van der Waals surface area contributed by atoms with Crippen LogP contribution < -0.4 is 0 Å². The smallest absolute Gasteiger partial charge is 0.156 e. The molecule has 0 unspecified atom stereocenters. The molecular weight excluding hydrogens is 168 g/mol. The number of carbonyl (C=O) groups excluding carboxylic acids is 1. The molecule has 0 heterocycles. The van der Waals surface area contributed by atoms with E-state index in [4.69, 9.17) is 0 Å². The Morgan fingerprint density at radius 2 is 2.25 bits per heavy atom. The molecule has 0 aliphatic carbocycles. The van der Waals surface area contributed by atoms with Crippen molar-refractivity contribution in [3.63, 3.8) is 0 Å². The molecule has 12 heavy (non-hydrogen) atoms. The standard InChI is InChI=1S/C10H18OS/c1-3-4-5-6-7-10(11)8-9-12-2/h6-7H,3-5,8-9H2,1-2H3/b7-6+. The average molecular weight is 186 g/mol. The summed E-state index contributed by atoms with van der Waals surface area (Å²) in [5, 5.41) is 0. The maximum Gasteiger partial charge on any atom is 0.156 e. The zero-order valence-electron chi connectivity index (χ0n) is 8.01. The number of rotatable bonds is 7. The molecule has 0 radical (unpaired) electrons. The van der Waals surface area contributed by atoms with Gasteiger partial charge < -0.3 is 0 Å². The zero-order valence-corrected chi connectivity index (χ0v) is 8.82. The first-order valence-corrected chi connectivity index (χ1v) is 5.89. The van der Waals surface area contributed by atoms with Gasteiger partial charge in [-0.2, -0.15) is 11.8 Å². The molecule has 0 aromatic heterocycles. The molecule has 0 aliphatic rings. The second kappa shape index (κ2) is 8.85. The van der Waals surface area contributed by atoms with Crippen LogP contribution >= 0.6 is 11.8 Å². The summed E-state index contributed by atoms with van der Waals surface area (Å²) in [6, 6.07) is 0. The van der Waals surface area contributed by atoms with Crippen LogP contribution in [0.1, 0.15) is 32.6 Å². The highest BCUT2D eigenvalue weighted by Crippen LogP contribution is 1.99. The van der Waals surface area contributed by atoms with Gasteiger partial charge in [0.25, 0.3) is 0 Å². The minimum absolute atomic E-state index is 0.264. The molecule has 0 aromatic carbocycles. The van der Waals surface area contributed by atoms with Gasteiger partial charge in [-0.1, -0.05) is 25.8 Å². The molecule has 0 bridgehead atoms. The number of hydrogen-bond donors (Lipinski definition) is 0. The van der Waals surface area contributed by atoms with Crippen molar-refractivity contribution in [1.82, 2.24) is 0 Å². The third kappa shape index (κ3) is 7.86. The largest absolute Gasteiger partial charge is 0.295 e. The Kier molecular flexibility index (Phi) is 8.68. The van der Waals surface area contributed by atoms with E-state index in [0.29, 0.717) is 6.42 Å². The normalized spacial score (nSPS) is 10.8. The van der Waals surface area contributed by atoms with Crippen LogP contribution in [-0.2, 0) is 4.79 Å². The lowest BCUT2D eigenvalue weighted by Gasteiger charge is -1.91. The van der Waals surface area contributed by atoms with E-state index < -0.39 is 0 Å². The van der Waals surface area contributed by atoms with Crippen LogP contribution in [0, 0.1) is 0 Å². The van der Waals surface area contributed by atoms with E-state index in [-0.39, 0.29) is 5.78 Å². The zero-order chi connectivity index (χ0) is 9.23. The van der Waals surface area contributed by atoms with Crippen molar-refractivity contribution >= 4 is 17.5 Å². The van der Waals surface area contributed by atoms with Gasteiger partial charge in [0.2, 0.25) is 0 Å². The summed E-state index contributed by atoms with van der Waals surface area (Å²) in [7, 11) is 0. The average Bonchev–Trinajstić information content (AvgIpc) is 2.09. The van der Waals surface area contributed by atoms with Gasteiger partial charge in [-0.15, -0.1) is 0 Å². The minimum atomic E-state index is 0.264. The van der Waals surface area contributed by atoms with Crippen LogP contribution in [0.25, 0.3) is 0 Å². The van der Waals surface area contributed by atoms with Gasteiger partial charge in [0.1, 0.15) is 0 Å². The Balaban J connectivity index is 3.34. The van der Waals surface area contributed by atoms with Crippen molar-refractivity contribution in [3.8, 4) is 0 Å². The summed E-state index contributed by atoms with van der Waals surface area (Å²) in [4.78, 5) is 11.1. The van der Waals surface area contributed by atoms with Crippen molar-refractivity contribution in [1.29, 1.82) is 0 Å². The molecule has 0 aliphatic heterocycles. The Morgan fingerprint density at radius 3 is 2.83 bits per heavy atom. The third-order valence-corrected chi connectivity index (χ3v) is 2.19. The van der Waals surface area contributed by atoms with Crippen LogP contribution in [0.3, 0.4) is 0 Å². The second-order valence-corrected chi connectivity index (χ2v) is 3.74. The maximum atomic E-state index is 11.1. The van der Waals surface area contributed by atoms with Gasteiger partial charge in [-0.05, 0) is 18.8 Å². The van der Waals surface area contributed by atoms with Gasteiger partial charge in [-0.25, -0.2) is 0 Å². The van der Waals surface area contributed by atoms with Crippen molar-refractivity contribution in [2.45, 2.75) is 32.6 Å². The van der Waals surface area contributed by atoms with E-state index in [9.17, 15) is 4.79 Å². The SMILES string of the molecule is CCCC/C=C/C(=O)CCSC. The molecule has 70 valence electrons. The lowest BCUT2D eigenvalue weighted by molar-refractivity contribution is -0.114. The van der Waals surface area contributed by atoms with E-state index in [2.05, 4.69) is 6.92 Å². The van der Waals surface area contributed by atoms with Gasteiger partial charge >= 0.3 is 0 Å².